The highest BCUT2D eigenvalue weighted by molar-refractivity contribution is 4.71. The van der Waals surface area contributed by atoms with E-state index in [9.17, 15) is 0 Å². The lowest BCUT2D eigenvalue weighted by molar-refractivity contribution is 0.155. The Bertz CT molecular complexity index is 352. The van der Waals surface area contributed by atoms with E-state index in [0.29, 0.717) is 0 Å². The monoisotopic (exact) mass is 484 g/mol. The van der Waals surface area contributed by atoms with Crippen LogP contribution in [-0.4, -0.2) is 124 Å². The summed E-state index contributed by atoms with van der Waals surface area (Å²) in [5.41, 5.74) is 23.1. The van der Waals surface area contributed by atoms with Crippen LogP contribution in [0.3, 0.4) is 0 Å². The number of unbranched alkanes of at least 4 members (excludes halogenated alkanes) is 4. The summed E-state index contributed by atoms with van der Waals surface area (Å²) in [6.45, 7) is 17.3. The predicted molar refractivity (Wildman–Crippen MR) is 148 cm³/mol. The minimum Gasteiger partial charge on any atom is -0.330 e. The summed E-state index contributed by atoms with van der Waals surface area (Å²) in [4.78, 5) is 10.8. The Hall–Kier alpha value is -0.320. The molecule has 1 rings (SSSR count). The zero-order valence-corrected chi connectivity index (χ0v) is 22.5. The second kappa shape index (κ2) is 23.1. The first-order chi connectivity index (χ1) is 16.7. The second-order valence-electron chi connectivity index (χ2n) is 10.1. The summed E-state index contributed by atoms with van der Waals surface area (Å²) >= 11 is 0. The van der Waals surface area contributed by atoms with Crippen molar-refractivity contribution in [2.45, 2.75) is 64.2 Å². The van der Waals surface area contributed by atoms with Gasteiger partial charge in [-0.2, -0.15) is 0 Å². The molecule has 0 aromatic heterocycles. The van der Waals surface area contributed by atoms with Crippen molar-refractivity contribution >= 4 is 0 Å². The Morgan fingerprint density at radius 1 is 0.324 bits per heavy atom. The molecule has 34 heavy (non-hydrogen) atoms. The van der Waals surface area contributed by atoms with E-state index in [1.54, 1.807) is 0 Å². The molecule has 0 atom stereocenters. The van der Waals surface area contributed by atoms with Crippen molar-refractivity contribution in [3.05, 3.63) is 0 Å². The molecule has 0 aliphatic carbocycles. The molecular formula is C26H60N8. The van der Waals surface area contributed by atoms with Crippen molar-refractivity contribution in [3.8, 4) is 0 Å². The summed E-state index contributed by atoms with van der Waals surface area (Å²) in [6.07, 6.45) is 11.8. The van der Waals surface area contributed by atoms with E-state index in [2.05, 4.69) is 19.6 Å². The lowest BCUT2D eigenvalue weighted by Gasteiger charge is -2.32. The van der Waals surface area contributed by atoms with Crippen LogP contribution in [0.25, 0.3) is 0 Å². The van der Waals surface area contributed by atoms with Gasteiger partial charge in [-0.05, 0) is 143 Å². The first-order valence-corrected chi connectivity index (χ1v) is 14.4. The van der Waals surface area contributed by atoms with Crippen LogP contribution in [0.15, 0.2) is 0 Å². The van der Waals surface area contributed by atoms with Gasteiger partial charge in [0.05, 0.1) is 0 Å². The van der Waals surface area contributed by atoms with Crippen molar-refractivity contribution in [2.75, 3.05) is 105 Å². The molecule has 0 saturated carbocycles. The zero-order valence-electron chi connectivity index (χ0n) is 22.5. The highest BCUT2D eigenvalue weighted by Gasteiger charge is 2.14. The van der Waals surface area contributed by atoms with Crippen molar-refractivity contribution in [2.24, 2.45) is 22.9 Å². The van der Waals surface area contributed by atoms with Gasteiger partial charge in [0.15, 0.2) is 0 Å². The maximum atomic E-state index is 5.77. The Morgan fingerprint density at radius 2 is 0.559 bits per heavy atom. The average molecular weight is 485 g/mol. The molecule has 8 heteroatoms. The molecule has 1 fully saturated rings. The first kappa shape index (κ1) is 31.7. The Labute approximate surface area is 211 Å². The second-order valence-corrected chi connectivity index (χ2v) is 10.1. The lowest BCUT2D eigenvalue weighted by atomic mass is 10.2. The van der Waals surface area contributed by atoms with Crippen LogP contribution in [0, 0.1) is 0 Å². The molecule has 0 unspecified atom stereocenters. The maximum Gasteiger partial charge on any atom is 0.0109 e. The minimum absolute atomic E-state index is 0.801. The molecular weight excluding hydrogens is 424 g/mol. The molecule has 1 saturated heterocycles. The fourth-order valence-electron chi connectivity index (χ4n) is 4.86. The van der Waals surface area contributed by atoms with Gasteiger partial charge >= 0.3 is 0 Å². The van der Waals surface area contributed by atoms with Crippen LogP contribution >= 0.6 is 0 Å². The van der Waals surface area contributed by atoms with Crippen LogP contribution in [0.1, 0.15) is 64.2 Å². The summed E-state index contributed by atoms with van der Waals surface area (Å²) in [5, 5.41) is 0. The Morgan fingerprint density at radius 3 is 0.765 bits per heavy atom. The fourth-order valence-corrected chi connectivity index (χ4v) is 4.86. The minimum atomic E-state index is 0.801. The fraction of sp³-hybridized carbons (Fsp3) is 1.00. The number of hydrogen-bond donors (Lipinski definition) is 4. The topological polar surface area (TPSA) is 117 Å². The van der Waals surface area contributed by atoms with Crippen molar-refractivity contribution in [1.29, 1.82) is 0 Å². The largest absolute Gasteiger partial charge is 0.330 e. The molecule has 0 amide bonds. The quantitative estimate of drug-likeness (QED) is 0.239. The molecule has 8 N–H and O–H groups in total. The molecule has 8 nitrogen and oxygen atoms in total. The molecule has 0 bridgehead atoms. The maximum absolute atomic E-state index is 5.77. The zero-order chi connectivity index (χ0) is 24.7. The Kier molecular flexibility index (Phi) is 21.5. The van der Waals surface area contributed by atoms with Gasteiger partial charge in [0.25, 0.3) is 0 Å². The van der Waals surface area contributed by atoms with Crippen molar-refractivity contribution in [3.63, 3.8) is 0 Å². The van der Waals surface area contributed by atoms with E-state index in [1.807, 2.05) is 0 Å². The van der Waals surface area contributed by atoms with E-state index in [0.717, 1.165) is 51.9 Å². The van der Waals surface area contributed by atoms with Gasteiger partial charge in [0.2, 0.25) is 0 Å². The summed E-state index contributed by atoms with van der Waals surface area (Å²) in [7, 11) is 0. The highest BCUT2D eigenvalue weighted by Crippen LogP contribution is 2.07. The number of nitrogens with zero attached hydrogens (tertiary/aromatic N) is 4. The molecule has 0 spiro atoms. The Balaban J connectivity index is 2.76. The third-order valence-electron chi connectivity index (χ3n) is 7.08. The van der Waals surface area contributed by atoms with E-state index in [-0.39, 0.29) is 0 Å². The predicted octanol–water partition coefficient (Wildman–Crippen LogP) is 0.944. The van der Waals surface area contributed by atoms with Crippen molar-refractivity contribution < 1.29 is 0 Å². The average Bonchev–Trinajstić information content (AvgIpc) is 2.84. The van der Waals surface area contributed by atoms with Gasteiger partial charge in [0.1, 0.15) is 0 Å². The number of hydrogen-bond acceptors (Lipinski definition) is 8. The van der Waals surface area contributed by atoms with Gasteiger partial charge < -0.3 is 42.5 Å². The van der Waals surface area contributed by atoms with Crippen molar-refractivity contribution in [1.82, 2.24) is 19.6 Å². The molecule has 1 aliphatic rings. The van der Waals surface area contributed by atoms with Crippen LogP contribution in [0.2, 0.25) is 0 Å². The van der Waals surface area contributed by atoms with Crippen LogP contribution in [-0.2, 0) is 0 Å². The van der Waals surface area contributed by atoms with Gasteiger partial charge in [-0.15, -0.1) is 0 Å². The molecule has 1 aliphatic heterocycles. The standard InChI is InChI=1S/C26H60N8/c27-11-1-5-15-31-19-9-20-33(17-7-3-13-29)25-26-34(18-8-4-14-30)22-10-21-32(24-23-31)16-6-2-12-28/h1-30H2. The third kappa shape index (κ3) is 17.2. The SMILES string of the molecule is NCCCCN1CCCN(CCCCN)CCN(CCCCN)CCCN(CCCCN)CC1. The van der Waals surface area contributed by atoms with E-state index < -0.39 is 0 Å². The molecule has 0 radical (unpaired) electrons. The normalized spacial score (nSPS) is 19.4. The van der Waals surface area contributed by atoms with Gasteiger partial charge in [-0.1, -0.05) is 0 Å². The number of rotatable bonds is 16. The van der Waals surface area contributed by atoms with Crippen LogP contribution in [0.5, 0.6) is 0 Å². The van der Waals surface area contributed by atoms with Gasteiger partial charge in [0, 0.05) is 26.2 Å². The lowest BCUT2D eigenvalue weighted by Crippen LogP contribution is -2.42. The molecule has 1 heterocycles. The van der Waals surface area contributed by atoms with Crippen LogP contribution < -0.4 is 22.9 Å². The molecule has 204 valence electrons. The highest BCUT2D eigenvalue weighted by atomic mass is 15.2. The van der Waals surface area contributed by atoms with Gasteiger partial charge in [-0.3, -0.25) is 0 Å². The first-order valence-electron chi connectivity index (χ1n) is 14.4. The third-order valence-corrected chi connectivity index (χ3v) is 7.08. The van der Waals surface area contributed by atoms with E-state index >= 15 is 0 Å². The summed E-state index contributed by atoms with van der Waals surface area (Å²) in [5.74, 6) is 0. The molecule has 0 aromatic carbocycles. The smallest absolute Gasteiger partial charge is 0.0109 e. The van der Waals surface area contributed by atoms with Gasteiger partial charge in [-0.25, -0.2) is 0 Å². The summed E-state index contributed by atoms with van der Waals surface area (Å²) in [6, 6.07) is 0. The van der Waals surface area contributed by atoms with E-state index in [1.165, 1.54) is 117 Å². The van der Waals surface area contributed by atoms with E-state index in [4.69, 9.17) is 22.9 Å². The molecule has 0 aromatic rings. The number of nitrogens with two attached hydrogens (primary N) is 4. The summed E-state index contributed by atoms with van der Waals surface area (Å²) < 4.78 is 0. The van der Waals surface area contributed by atoms with Crippen LogP contribution in [0.4, 0.5) is 0 Å².